The van der Waals surface area contributed by atoms with E-state index in [4.69, 9.17) is 4.74 Å². The van der Waals surface area contributed by atoms with E-state index in [1.165, 1.54) is 0 Å². The highest BCUT2D eigenvalue weighted by atomic mass is 32.1. The normalized spacial score (nSPS) is 23.6. The van der Waals surface area contributed by atoms with Crippen molar-refractivity contribution in [1.82, 2.24) is 10.2 Å². The van der Waals surface area contributed by atoms with Gasteiger partial charge in [-0.1, -0.05) is 38.1 Å². The number of thiophene rings is 2. The molecule has 1 aromatic carbocycles. The molecule has 4 rings (SSSR count). The maximum atomic E-state index is 13.6. The van der Waals surface area contributed by atoms with Gasteiger partial charge < -0.3 is 15.0 Å². The summed E-state index contributed by atoms with van der Waals surface area (Å²) >= 11 is 3.18. The number of urea groups is 1. The van der Waals surface area contributed by atoms with Gasteiger partial charge in [-0.15, -0.1) is 22.7 Å². The minimum atomic E-state index is -0.291. The summed E-state index contributed by atoms with van der Waals surface area (Å²) in [5.74, 6) is 0.416. The Morgan fingerprint density at radius 1 is 1.00 bits per heavy atom. The first-order chi connectivity index (χ1) is 15.0. The lowest BCUT2D eigenvalue weighted by atomic mass is 9.78. The molecule has 0 saturated carbocycles. The van der Waals surface area contributed by atoms with Gasteiger partial charge in [-0.2, -0.15) is 0 Å². The Labute approximate surface area is 190 Å². The van der Waals surface area contributed by atoms with Crippen LogP contribution < -0.4 is 10.1 Å². The number of carbonyl (C=O) groups excluding carboxylic acids is 2. The predicted molar refractivity (Wildman–Crippen MR) is 125 cm³/mol. The fourth-order valence-electron chi connectivity index (χ4n) is 4.37. The van der Waals surface area contributed by atoms with E-state index < -0.39 is 0 Å². The van der Waals surface area contributed by atoms with Crippen molar-refractivity contribution >= 4 is 34.5 Å². The quantitative estimate of drug-likeness (QED) is 0.541. The summed E-state index contributed by atoms with van der Waals surface area (Å²) in [6.45, 7) is 4.27. The molecule has 4 unspecified atom stereocenters. The maximum Gasteiger partial charge on any atom is 0.318 e. The van der Waals surface area contributed by atoms with E-state index in [-0.39, 0.29) is 35.7 Å². The van der Waals surface area contributed by atoms with Crippen LogP contribution in [0, 0.1) is 11.8 Å². The van der Waals surface area contributed by atoms with E-state index in [1.54, 1.807) is 29.8 Å². The largest absolute Gasteiger partial charge is 0.497 e. The summed E-state index contributed by atoms with van der Waals surface area (Å²) in [6.07, 6.45) is 0. The van der Waals surface area contributed by atoms with Gasteiger partial charge in [-0.3, -0.25) is 4.79 Å². The number of nitrogens with zero attached hydrogens (tertiary/aromatic N) is 1. The first-order valence-electron chi connectivity index (χ1n) is 10.3. The molecule has 3 heterocycles. The van der Waals surface area contributed by atoms with Crippen LogP contribution in [-0.4, -0.2) is 23.8 Å². The number of hydrogen-bond acceptors (Lipinski definition) is 5. The average molecular weight is 455 g/mol. The first kappa shape index (κ1) is 21.6. The Hall–Kier alpha value is -2.64. The van der Waals surface area contributed by atoms with E-state index in [0.717, 1.165) is 21.1 Å². The van der Waals surface area contributed by atoms with Crippen LogP contribution in [-0.2, 0) is 11.3 Å². The molecule has 1 saturated heterocycles. The van der Waals surface area contributed by atoms with Gasteiger partial charge in [0.1, 0.15) is 11.5 Å². The number of nitrogens with one attached hydrogen (secondary N) is 1. The van der Waals surface area contributed by atoms with E-state index in [9.17, 15) is 9.59 Å². The van der Waals surface area contributed by atoms with Crippen LogP contribution >= 0.6 is 22.7 Å². The number of ether oxygens (including phenoxy) is 1. The van der Waals surface area contributed by atoms with Crippen LogP contribution in [0.5, 0.6) is 5.75 Å². The molecule has 5 nitrogen and oxygen atoms in total. The number of likely N-dealkylation sites (tertiary alicyclic amines) is 1. The van der Waals surface area contributed by atoms with Gasteiger partial charge in [-0.05, 0) is 40.6 Å². The van der Waals surface area contributed by atoms with Crippen molar-refractivity contribution in [2.24, 2.45) is 11.8 Å². The summed E-state index contributed by atoms with van der Waals surface area (Å²) in [5, 5.41) is 7.08. The van der Waals surface area contributed by atoms with Crippen LogP contribution in [0.3, 0.4) is 0 Å². The number of amides is 2. The molecule has 2 amide bonds. The van der Waals surface area contributed by atoms with Crippen molar-refractivity contribution in [2.75, 3.05) is 7.11 Å². The van der Waals surface area contributed by atoms with Crippen LogP contribution in [0.2, 0.25) is 0 Å². The molecule has 0 aliphatic carbocycles. The zero-order valence-corrected chi connectivity index (χ0v) is 19.4. The molecular formula is C24H26N2O3S2. The van der Waals surface area contributed by atoms with Crippen LogP contribution in [0.15, 0.2) is 59.3 Å². The monoisotopic (exact) mass is 454 g/mol. The molecule has 2 aromatic heterocycles. The van der Waals surface area contributed by atoms with Crippen molar-refractivity contribution in [3.05, 3.63) is 74.6 Å². The van der Waals surface area contributed by atoms with E-state index in [2.05, 4.69) is 5.32 Å². The molecule has 31 heavy (non-hydrogen) atoms. The Balaban J connectivity index is 1.67. The molecule has 1 N–H and O–H groups in total. The van der Waals surface area contributed by atoms with Gasteiger partial charge in [-0.25, -0.2) is 4.79 Å². The second kappa shape index (κ2) is 9.24. The Bertz CT molecular complexity index is 983. The SMILES string of the molecule is COc1cccc(CNC(=O)N2C(c3cccs3)C(C)C(=O)C(C)C2c2cccs2)c1. The second-order valence-electron chi connectivity index (χ2n) is 7.82. The smallest absolute Gasteiger partial charge is 0.318 e. The van der Waals surface area contributed by atoms with Crippen molar-refractivity contribution in [3.8, 4) is 5.75 Å². The summed E-state index contributed by atoms with van der Waals surface area (Å²) in [4.78, 5) is 30.8. The first-order valence-corrected chi connectivity index (χ1v) is 12.1. The second-order valence-corrected chi connectivity index (χ2v) is 9.78. The predicted octanol–water partition coefficient (Wildman–Crippen LogP) is 5.67. The van der Waals surface area contributed by atoms with Crippen LogP contribution in [0.25, 0.3) is 0 Å². The third kappa shape index (κ3) is 4.25. The molecule has 162 valence electrons. The highest BCUT2D eigenvalue weighted by Gasteiger charge is 2.48. The van der Waals surface area contributed by atoms with Gasteiger partial charge in [0.2, 0.25) is 0 Å². The number of hydrogen-bond donors (Lipinski definition) is 1. The molecule has 4 atom stereocenters. The number of ketones is 1. The topological polar surface area (TPSA) is 58.6 Å². The van der Waals surface area contributed by atoms with Gasteiger partial charge in [0, 0.05) is 28.1 Å². The third-order valence-electron chi connectivity index (χ3n) is 5.93. The summed E-state index contributed by atoms with van der Waals surface area (Å²) in [7, 11) is 1.63. The van der Waals surface area contributed by atoms with Crippen LogP contribution in [0.4, 0.5) is 4.79 Å². The minimum Gasteiger partial charge on any atom is -0.497 e. The van der Waals surface area contributed by atoms with Crippen molar-refractivity contribution < 1.29 is 14.3 Å². The Morgan fingerprint density at radius 3 is 2.13 bits per heavy atom. The lowest BCUT2D eigenvalue weighted by Gasteiger charge is -2.47. The molecule has 7 heteroatoms. The van der Waals surface area contributed by atoms with E-state index in [0.29, 0.717) is 6.54 Å². The minimum absolute atomic E-state index is 0.161. The Morgan fingerprint density at radius 2 is 1.61 bits per heavy atom. The molecule has 0 bridgehead atoms. The zero-order valence-electron chi connectivity index (χ0n) is 17.8. The zero-order chi connectivity index (χ0) is 22.0. The third-order valence-corrected chi connectivity index (χ3v) is 7.81. The number of methoxy groups -OCH3 is 1. The van der Waals surface area contributed by atoms with Gasteiger partial charge in [0.05, 0.1) is 19.2 Å². The molecule has 0 spiro atoms. The lowest BCUT2D eigenvalue weighted by Crippen LogP contribution is -2.54. The van der Waals surface area contributed by atoms with Gasteiger partial charge >= 0.3 is 6.03 Å². The summed E-state index contributed by atoms with van der Waals surface area (Å²) in [6, 6.07) is 14.9. The van der Waals surface area contributed by atoms with Gasteiger partial charge in [0.25, 0.3) is 0 Å². The number of carbonyl (C=O) groups is 2. The number of piperidine rings is 1. The maximum absolute atomic E-state index is 13.6. The Kier molecular flexibility index (Phi) is 6.43. The molecule has 1 fully saturated rings. The van der Waals surface area contributed by atoms with E-state index in [1.807, 2.05) is 78.0 Å². The standard InChI is InChI=1S/C24H26N2O3S2/c1-15-21(19-9-5-11-30-19)26(22(16(2)23(15)27)20-10-6-12-31-20)24(28)25-14-17-7-4-8-18(13-17)29-3/h4-13,15-16,21-22H,14H2,1-3H3,(H,25,28). The number of Topliss-reactive ketones (excluding diaryl/α,β-unsaturated/α-hetero) is 1. The van der Waals surface area contributed by atoms with Gasteiger partial charge in [0.15, 0.2) is 0 Å². The van der Waals surface area contributed by atoms with Crippen molar-refractivity contribution in [3.63, 3.8) is 0 Å². The fraction of sp³-hybridized carbons (Fsp3) is 0.333. The molecule has 1 aliphatic rings. The molecule has 1 aliphatic heterocycles. The fourth-order valence-corrected chi connectivity index (χ4v) is 6.23. The number of benzene rings is 1. The average Bonchev–Trinajstić information content (AvgIpc) is 3.50. The number of rotatable bonds is 5. The summed E-state index contributed by atoms with van der Waals surface area (Å²) < 4.78 is 5.29. The van der Waals surface area contributed by atoms with Crippen molar-refractivity contribution in [1.29, 1.82) is 0 Å². The lowest BCUT2D eigenvalue weighted by molar-refractivity contribution is -0.135. The molecular weight excluding hydrogens is 428 g/mol. The van der Waals surface area contributed by atoms with E-state index >= 15 is 0 Å². The highest BCUT2D eigenvalue weighted by molar-refractivity contribution is 7.10. The van der Waals surface area contributed by atoms with Crippen molar-refractivity contribution in [2.45, 2.75) is 32.5 Å². The summed E-state index contributed by atoms with van der Waals surface area (Å²) in [5.41, 5.74) is 0.960. The van der Waals surface area contributed by atoms with Crippen LogP contribution in [0.1, 0.15) is 41.2 Å². The highest BCUT2D eigenvalue weighted by Crippen LogP contribution is 2.48. The molecule has 0 radical (unpaired) electrons. The molecule has 3 aromatic rings.